The van der Waals surface area contributed by atoms with E-state index in [-0.39, 0.29) is 5.97 Å². The van der Waals surface area contributed by atoms with Crippen molar-refractivity contribution in [1.29, 1.82) is 0 Å². The molecule has 0 atom stereocenters. The summed E-state index contributed by atoms with van der Waals surface area (Å²) in [4.78, 5) is 13.2. The number of rotatable bonds is 1. The molecule has 4 heteroatoms. The Labute approximate surface area is 109 Å². The molecule has 1 aliphatic heterocycles. The quantitative estimate of drug-likeness (QED) is 0.531. The van der Waals surface area contributed by atoms with Crippen molar-refractivity contribution in [3.8, 4) is 5.75 Å². The first kappa shape index (κ1) is 11.2. The Kier molecular flexibility index (Phi) is 2.72. The second-order valence-corrected chi connectivity index (χ2v) is 5.06. The molecule has 0 unspecified atom stereocenters. The Morgan fingerprint density at radius 3 is 2.72 bits per heavy atom. The van der Waals surface area contributed by atoms with Crippen LogP contribution in [0, 0.1) is 0 Å². The summed E-state index contributed by atoms with van der Waals surface area (Å²) in [6.07, 6.45) is 0. The van der Waals surface area contributed by atoms with Crippen LogP contribution in [-0.2, 0) is 4.79 Å². The van der Waals surface area contributed by atoms with Crippen LogP contribution in [0.4, 0.5) is 11.4 Å². The minimum absolute atomic E-state index is 0.302. The standard InChI is InChI=1S/C14H11NO2S/c1-9(16)17-10-6-7-12-14(8-10)18-13-5-3-2-4-11(13)15-12/h2-8,15H,1H3. The lowest BCUT2D eigenvalue weighted by Gasteiger charge is -2.20. The summed E-state index contributed by atoms with van der Waals surface area (Å²) in [6.45, 7) is 1.40. The number of carbonyl (C=O) groups excluding carboxylic acids is 1. The maximum atomic E-state index is 10.9. The summed E-state index contributed by atoms with van der Waals surface area (Å²) in [5.41, 5.74) is 2.14. The maximum Gasteiger partial charge on any atom is 0.308 e. The van der Waals surface area contributed by atoms with E-state index in [4.69, 9.17) is 4.74 Å². The third-order valence-corrected chi connectivity index (χ3v) is 3.72. The SMILES string of the molecule is CC(=O)Oc1ccc2c(c1)Sc1ccccc1N2. The first-order valence-electron chi connectivity index (χ1n) is 5.59. The molecular formula is C14H11NO2S. The molecule has 1 heterocycles. The van der Waals surface area contributed by atoms with Crippen molar-refractivity contribution < 1.29 is 9.53 Å². The van der Waals surface area contributed by atoms with Gasteiger partial charge in [-0.05, 0) is 30.3 Å². The Hall–Kier alpha value is -1.94. The lowest BCUT2D eigenvalue weighted by Crippen LogP contribution is -2.03. The first-order valence-corrected chi connectivity index (χ1v) is 6.40. The van der Waals surface area contributed by atoms with E-state index in [0.29, 0.717) is 5.75 Å². The molecule has 0 saturated heterocycles. The molecule has 0 bridgehead atoms. The Morgan fingerprint density at radius 1 is 1.11 bits per heavy atom. The van der Waals surface area contributed by atoms with Gasteiger partial charge in [-0.1, -0.05) is 23.9 Å². The highest BCUT2D eigenvalue weighted by atomic mass is 32.2. The molecule has 0 spiro atoms. The molecule has 90 valence electrons. The van der Waals surface area contributed by atoms with E-state index in [1.54, 1.807) is 17.8 Å². The van der Waals surface area contributed by atoms with Crippen LogP contribution in [0.1, 0.15) is 6.92 Å². The summed E-state index contributed by atoms with van der Waals surface area (Å²) >= 11 is 1.67. The minimum Gasteiger partial charge on any atom is -0.427 e. The molecule has 0 radical (unpaired) electrons. The lowest BCUT2D eigenvalue weighted by atomic mass is 10.2. The first-order chi connectivity index (χ1) is 8.72. The third kappa shape index (κ3) is 2.07. The number of carbonyl (C=O) groups is 1. The van der Waals surface area contributed by atoms with Crippen LogP contribution >= 0.6 is 11.8 Å². The van der Waals surface area contributed by atoms with Crippen LogP contribution in [0.25, 0.3) is 0 Å². The fourth-order valence-corrected chi connectivity index (χ4v) is 2.86. The molecule has 3 nitrogen and oxygen atoms in total. The van der Waals surface area contributed by atoms with Gasteiger partial charge in [0, 0.05) is 16.7 Å². The highest BCUT2D eigenvalue weighted by Gasteiger charge is 2.15. The average molecular weight is 257 g/mol. The van der Waals surface area contributed by atoms with Crippen molar-refractivity contribution in [3.05, 3.63) is 42.5 Å². The molecule has 2 aromatic rings. The van der Waals surface area contributed by atoms with E-state index in [9.17, 15) is 4.79 Å². The van der Waals surface area contributed by atoms with Crippen LogP contribution in [-0.4, -0.2) is 5.97 Å². The highest BCUT2D eigenvalue weighted by Crippen LogP contribution is 2.45. The summed E-state index contributed by atoms with van der Waals surface area (Å²) in [7, 11) is 0. The zero-order valence-corrected chi connectivity index (χ0v) is 10.6. The number of fused-ring (bicyclic) bond motifs is 2. The molecule has 2 aromatic carbocycles. The van der Waals surface area contributed by atoms with E-state index in [1.807, 2.05) is 30.3 Å². The van der Waals surface area contributed by atoms with E-state index >= 15 is 0 Å². The van der Waals surface area contributed by atoms with Crippen LogP contribution in [0.3, 0.4) is 0 Å². The summed E-state index contributed by atoms with van der Waals surface area (Å²) in [5.74, 6) is 0.277. The van der Waals surface area contributed by atoms with Gasteiger partial charge in [0.2, 0.25) is 0 Å². The topological polar surface area (TPSA) is 38.3 Å². The van der Waals surface area contributed by atoms with Crippen LogP contribution in [0.15, 0.2) is 52.3 Å². The maximum absolute atomic E-state index is 10.9. The number of benzene rings is 2. The molecule has 1 N–H and O–H groups in total. The molecular weight excluding hydrogens is 246 g/mol. The molecule has 1 aliphatic rings. The van der Waals surface area contributed by atoms with Crippen molar-refractivity contribution in [2.24, 2.45) is 0 Å². The number of esters is 1. The van der Waals surface area contributed by atoms with E-state index in [2.05, 4.69) is 11.4 Å². The van der Waals surface area contributed by atoms with Gasteiger partial charge in [-0.15, -0.1) is 0 Å². The van der Waals surface area contributed by atoms with Crippen molar-refractivity contribution in [1.82, 2.24) is 0 Å². The van der Waals surface area contributed by atoms with Gasteiger partial charge >= 0.3 is 5.97 Å². The normalized spacial score (nSPS) is 12.1. The van der Waals surface area contributed by atoms with Gasteiger partial charge in [0.1, 0.15) is 5.75 Å². The van der Waals surface area contributed by atoms with Crippen LogP contribution in [0.5, 0.6) is 5.75 Å². The van der Waals surface area contributed by atoms with Gasteiger partial charge in [-0.25, -0.2) is 0 Å². The lowest BCUT2D eigenvalue weighted by molar-refractivity contribution is -0.131. The van der Waals surface area contributed by atoms with Crippen molar-refractivity contribution in [2.45, 2.75) is 16.7 Å². The number of ether oxygens (including phenoxy) is 1. The van der Waals surface area contributed by atoms with Gasteiger partial charge in [0.05, 0.1) is 11.4 Å². The van der Waals surface area contributed by atoms with E-state index in [1.165, 1.54) is 11.8 Å². The minimum atomic E-state index is -0.302. The molecule has 0 aromatic heterocycles. The Balaban J connectivity index is 1.96. The Bertz CT molecular complexity index is 625. The predicted molar refractivity (Wildman–Crippen MR) is 71.6 cm³/mol. The predicted octanol–water partition coefficient (Wildman–Crippen LogP) is 3.82. The zero-order valence-electron chi connectivity index (χ0n) is 9.77. The fourth-order valence-electron chi connectivity index (χ4n) is 1.84. The van der Waals surface area contributed by atoms with Gasteiger partial charge in [-0.2, -0.15) is 0 Å². The summed E-state index contributed by atoms with van der Waals surface area (Å²) in [6, 6.07) is 13.7. The van der Waals surface area contributed by atoms with Crippen molar-refractivity contribution in [3.63, 3.8) is 0 Å². The molecule has 0 amide bonds. The number of hydrogen-bond acceptors (Lipinski definition) is 4. The fraction of sp³-hybridized carbons (Fsp3) is 0.0714. The number of para-hydroxylation sites is 1. The molecule has 0 aliphatic carbocycles. The van der Waals surface area contributed by atoms with Crippen molar-refractivity contribution >= 4 is 29.1 Å². The second-order valence-electron chi connectivity index (χ2n) is 3.97. The molecule has 0 fully saturated rings. The largest absolute Gasteiger partial charge is 0.427 e. The van der Waals surface area contributed by atoms with Gasteiger partial charge in [0.25, 0.3) is 0 Å². The van der Waals surface area contributed by atoms with Gasteiger partial charge in [-0.3, -0.25) is 4.79 Å². The summed E-state index contributed by atoms with van der Waals surface area (Å²) in [5, 5.41) is 3.36. The summed E-state index contributed by atoms with van der Waals surface area (Å²) < 4.78 is 5.09. The molecule has 0 saturated carbocycles. The second kappa shape index (κ2) is 4.38. The van der Waals surface area contributed by atoms with Crippen LogP contribution in [0.2, 0.25) is 0 Å². The van der Waals surface area contributed by atoms with Crippen molar-refractivity contribution in [2.75, 3.05) is 5.32 Å². The van der Waals surface area contributed by atoms with Gasteiger partial charge < -0.3 is 10.1 Å². The zero-order chi connectivity index (χ0) is 12.5. The van der Waals surface area contributed by atoms with Gasteiger partial charge in [0.15, 0.2) is 0 Å². The smallest absolute Gasteiger partial charge is 0.308 e. The number of nitrogens with one attached hydrogen (secondary N) is 1. The monoisotopic (exact) mass is 257 g/mol. The van der Waals surface area contributed by atoms with E-state index < -0.39 is 0 Å². The molecule has 18 heavy (non-hydrogen) atoms. The van der Waals surface area contributed by atoms with E-state index in [0.717, 1.165) is 16.3 Å². The number of anilines is 2. The highest BCUT2D eigenvalue weighted by molar-refractivity contribution is 7.99. The van der Waals surface area contributed by atoms with Crippen LogP contribution < -0.4 is 10.1 Å². The number of hydrogen-bond donors (Lipinski definition) is 1. The molecule has 3 rings (SSSR count). The Morgan fingerprint density at radius 2 is 1.89 bits per heavy atom. The third-order valence-electron chi connectivity index (χ3n) is 2.59. The average Bonchev–Trinajstić information content (AvgIpc) is 2.35.